The van der Waals surface area contributed by atoms with Gasteiger partial charge in [-0.2, -0.15) is 0 Å². The monoisotopic (exact) mass is 294 g/mol. The molecule has 0 N–H and O–H groups in total. The van der Waals surface area contributed by atoms with E-state index < -0.39 is 0 Å². The lowest BCUT2D eigenvalue weighted by Crippen LogP contribution is -2.40. The Morgan fingerprint density at radius 1 is 0.400 bits per heavy atom. The first kappa shape index (κ1) is 32.0. The molecule has 0 radical (unpaired) electrons. The number of rotatable bonds is 9. The van der Waals surface area contributed by atoms with Gasteiger partial charge >= 0.3 is 0 Å². The molecule has 0 unspecified atom stereocenters. The van der Waals surface area contributed by atoms with Gasteiger partial charge in [-0.05, 0) is 42.3 Å². The van der Waals surface area contributed by atoms with Gasteiger partial charge in [-0.3, -0.25) is 4.90 Å². The molecular formula is C16H46N4. The Morgan fingerprint density at radius 2 is 0.600 bits per heavy atom. The number of nitrogens with zero attached hydrogens (tertiary/aromatic N) is 4. The van der Waals surface area contributed by atoms with Gasteiger partial charge < -0.3 is 14.7 Å². The highest BCUT2D eigenvalue weighted by molar-refractivity contribution is 4.63. The molecule has 0 fully saturated rings. The van der Waals surface area contributed by atoms with Crippen LogP contribution in [0.3, 0.4) is 0 Å². The molecule has 130 valence electrons. The Labute approximate surface area is 131 Å². The van der Waals surface area contributed by atoms with Gasteiger partial charge in [0.15, 0.2) is 0 Å². The molecule has 0 aromatic heterocycles. The Morgan fingerprint density at radius 3 is 0.750 bits per heavy atom. The van der Waals surface area contributed by atoms with Gasteiger partial charge in [-0.1, -0.05) is 29.7 Å². The van der Waals surface area contributed by atoms with Crippen LogP contribution in [0, 0.1) is 0 Å². The first-order valence-corrected chi connectivity index (χ1v) is 6.08. The molecule has 20 heavy (non-hydrogen) atoms. The van der Waals surface area contributed by atoms with Gasteiger partial charge in [0, 0.05) is 39.3 Å². The molecule has 0 aromatic carbocycles. The molecule has 0 saturated carbocycles. The number of hydrogen-bond donors (Lipinski definition) is 0. The highest BCUT2D eigenvalue weighted by Crippen LogP contribution is 1.91. The average Bonchev–Trinajstić information content (AvgIpc) is 2.15. The summed E-state index contributed by atoms with van der Waals surface area (Å²) in [5.74, 6) is 0. The summed E-state index contributed by atoms with van der Waals surface area (Å²) < 4.78 is 0. The van der Waals surface area contributed by atoms with Gasteiger partial charge in [-0.15, -0.1) is 0 Å². The topological polar surface area (TPSA) is 13.0 Å². The van der Waals surface area contributed by atoms with Crippen molar-refractivity contribution >= 4 is 0 Å². The second-order valence-corrected chi connectivity index (χ2v) is 5.25. The first-order valence-electron chi connectivity index (χ1n) is 6.08. The van der Waals surface area contributed by atoms with Gasteiger partial charge in [0.25, 0.3) is 0 Å². The van der Waals surface area contributed by atoms with Crippen LogP contribution in [0.25, 0.3) is 0 Å². The van der Waals surface area contributed by atoms with Crippen LogP contribution >= 0.6 is 0 Å². The van der Waals surface area contributed by atoms with Gasteiger partial charge in [0.2, 0.25) is 0 Å². The van der Waals surface area contributed by atoms with E-state index in [1.54, 1.807) is 0 Å². The second-order valence-electron chi connectivity index (χ2n) is 5.25. The van der Waals surface area contributed by atoms with E-state index in [0.717, 1.165) is 39.3 Å². The lowest BCUT2D eigenvalue weighted by molar-refractivity contribution is 0.201. The summed E-state index contributed by atoms with van der Waals surface area (Å²) in [4.78, 5) is 9.29. The molecule has 0 spiro atoms. The van der Waals surface area contributed by atoms with Gasteiger partial charge in [-0.25, -0.2) is 0 Å². The maximum atomic E-state index is 2.54. The van der Waals surface area contributed by atoms with Crippen molar-refractivity contribution in [1.82, 2.24) is 19.6 Å². The lowest BCUT2D eigenvalue weighted by atomic mass is 10.4. The molecule has 0 aliphatic carbocycles. The van der Waals surface area contributed by atoms with E-state index in [4.69, 9.17) is 0 Å². The van der Waals surface area contributed by atoms with Crippen molar-refractivity contribution < 1.29 is 0 Å². The van der Waals surface area contributed by atoms with Crippen molar-refractivity contribution in [2.45, 2.75) is 29.7 Å². The van der Waals surface area contributed by atoms with Gasteiger partial charge in [0.1, 0.15) is 0 Å². The summed E-state index contributed by atoms with van der Waals surface area (Å²) in [5, 5.41) is 0. The molecule has 0 amide bonds. The van der Waals surface area contributed by atoms with Crippen molar-refractivity contribution in [1.29, 1.82) is 0 Å². The molecule has 0 heterocycles. The average molecular weight is 295 g/mol. The fourth-order valence-corrected chi connectivity index (χ4v) is 1.36. The Bertz CT molecular complexity index is 130. The molecule has 0 rings (SSSR count). The van der Waals surface area contributed by atoms with Crippen molar-refractivity contribution in [3.63, 3.8) is 0 Å². The predicted molar refractivity (Wildman–Crippen MR) is 99.0 cm³/mol. The van der Waals surface area contributed by atoms with Crippen molar-refractivity contribution in [3.8, 4) is 0 Å². The zero-order chi connectivity index (χ0) is 12.6. The highest BCUT2D eigenvalue weighted by Gasteiger charge is 2.06. The van der Waals surface area contributed by atoms with E-state index in [9.17, 15) is 0 Å². The van der Waals surface area contributed by atoms with E-state index in [2.05, 4.69) is 61.9 Å². The molecule has 4 heteroatoms. The molecule has 0 bridgehead atoms. The zero-order valence-electron chi connectivity index (χ0n) is 12.0. The van der Waals surface area contributed by atoms with Crippen LogP contribution in [0.15, 0.2) is 0 Å². The smallest absolute Gasteiger partial charge is 0.0110 e. The molecule has 4 nitrogen and oxygen atoms in total. The van der Waals surface area contributed by atoms with Crippen LogP contribution in [0.5, 0.6) is 0 Å². The van der Waals surface area contributed by atoms with Crippen LogP contribution in [0.4, 0.5) is 0 Å². The molecule has 0 aliphatic rings. The Hall–Kier alpha value is -0.160. The first-order chi connectivity index (χ1) is 7.41. The van der Waals surface area contributed by atoms with Crippen LogP contribution in [-0.4, -0.2) is 101 Å². The third-order valence-electron chi connectivity index (χ3n) is 2.59. The lowest BCUT2D eigenvalue weighted by Gasteiger charge is -2.26. The van der Waals surface area contributed by atoms with E-state index in [1.165, 1.54) is 0 Å². The summed E-state index contributed by atoms with van der Waals surface area (Å²) in [6.07, 6.45) is 0. The van der Waals surface area contributed by atoms with E-state index >= 15 is 0 Å². The summed E-state index contributed by atoms with van der Waals surface area (Å²) in [6, 6.07) is 0. The summed E-state index contributed by atoms with van der Waals surface area (Å²) in [5.41, 5.74) is 0. The Balaban J connectivity index is -0.000000187. The number of likely N-dealkylation sites (N-methyl/N-ethyl adjacent to an activating group) is 3. The molecule has 0 aliphatic heterocycles. The second kappa shape index (κ2) is 18.8. The Kier molecular flexibility index (Phi) is 30.1. The quantitative estimate of drug-likeness (QED) is 0.648. The highest BCUT2D eigenvalue weighted by atomic mass is 15.2. The van der Waals surface area contributed by atoms with Crippen LogP contribution in [0.1, 0.15) is 29.7 Å². The summed E-state index contributed by atoms with van der Waals surface area (Å²) in [7, 11) is 12.8. The summed E-state index contributed by atoms with van der Waals surface area (Å²) in [6.45, 7) is 6.90. The fourth-order valence-electron chi connectivity index (χ4n) is 1.36. The van der Waals surface area contributed by atoms with E-state index in [1.807, 2.05) is 0 Å². The third-order valence-corrected chi connectivity index (χ3v) is 2.59. The SMILES string of the molecule is C.C.C.C.CN(C)CCN(CCN(C)C)CCN(C)C. The van der Waals surface area contributed by atoms with Gasteiger partial charge in [0.05, 0.1) is 0 Å². The largest absolute Gasteiger partial charge is 0.308 e. The minimum Gasteiger partial charge on any atom is -0.308 e. The molecule has 0 saturated heterocycles. The van der Waals surface area contributed by atoms with Crippen LogP contribution < -0.4 is 0 Å². The summed E-state index contributed by atoms with van der Waals surface area (Å²) >= 11 is 0. The van der Waals surface area contributed by atoms with Crippen molar-refractivity contribution in [3.05, 3.63) is 0 Å². The van der Waals surface area contributed by atoms with E-state index in [0.29, 0.717) is 0 Å². The minimum atomic E-state index is 0. The normalized spacial score (nSPS) is 9.90. The van der Waals surface area contributed by atoms with E-state index in [-0.39, 0.29) is 29.7 Å². The standard InChI is InChI=1S/C12H30N4.4CH4/c1-13(2)7-10-16(11-8-14(3)4)12-9-15(5)6;;;;/h7-12H2,1-6H3;4*1H4. The maximum absolute atomic E-state index is 2.54. The molecule has 0 atom stereocenters. The molecule has 0 aromatic rings. The third kappa shape index (κ3) is 23.0. The van der Waals surface area contributed by atoms with Crippen LogP contribution in [0.2, 0.25) is 0 Å². The van der Waals surface area contributed by atoms with Crippen LogP contribution in [-0.2, 0) is 0 Å². The van der Waals surface area contributed by atoms with Crippen molar-refractivity contribution in [2.75, 3.05) is 81.6 Å². The minimum absolute atomic E-state index is 0. The zero-order valence-corrected chi connectivity index (χ0v) is 12.0. The number of hydrogen-bond acceptors (Lipinski definition) is 4. The molecular weight excluding hydrogens is 248 g/mol. The van der Waals surface area contributed by atoms with Crippen molar-refractivity contribution in [2.24, 2.45) is 0 Å². The maximum Gasteiger partial charge on any atom is 0.0110 e. The predicted octanol–water partition coefficient (Wildman–Crippen LogP) is 2.52. The fraction of sp³-hybridized carbons (Fsp3) is 1.00.